The molecule has 0 radical (unpaired) electrons. The van der Waals surface area contributed by atoms with Gasteiger partial charge < -0.3 is 10.6 Å². The molecule has 128 valence electrons. The van der Waals surface area contributed by atoms with Crippen LogP contribution in [0.5, 0.6) is 0 Å². The Hall–Kier alpha value is -2.87. The topological polar surface area (TPSA) is 93.4 Å². The quantitative estimate of drug-likeness (QED) is 0.655. The smallest absolute Gasteiger partial charge is 0.163 e. The van der Waals surface area contributed by atoms with Gasteiger partial charge in [-0.1, -0.05) is 0 Å². The van der Waals surface area contributed by atoms with Gasteiger partial charge >= 0.3 is 0 Å². The fraction of sp³-hybridized carbons (Fsp3) is 0.353. The number of anilines is 1. The Morgan fingerprint density at radius 2 is 2.24 bits per heavy atom. The Bertz CT molecular complexity index is 816. The molecular weight excluding hydrogens is 316 g/mol. The van der Waals surface area contributed by atoms with Gasteiger partial charge in [0, 0.05) is 43.2 Å². The summed E-state index contributed by atoms with van der Waals surface area (Å²) in [5, 5.41) is 11.0. The second-order valence-electron chi connectivity index (χ2n) is 5.93. The van der Waals surface area contributed by atoms with E-state index in [2.05, 4.69) is 25.7 Å². The Kier molecular flexibility index (Phi) is 4.60. The molecule has 0 atom stereocenters. The average molecular weight is 336 g/mol. The fourth-order valence-corrected chi connectivity index (χ4v) is 2.93. The molecule has 3 aromatic rings. The van der Waals surface area contributed by atoms with Crippen LogP contribution in [-0.2, 0) is 19.5 Å². The van der Waals surface area contributed by atoms with Crippen LogP contribution in [0.15, 0.2) is 37.2 Å². The summed E-state index contributed by atoms with van der Waals surface area (Å²) in [5.41, 5.74) is 3.22. The molecule has 0 amide bonds. The van der Waals surface area contributed by atoms with Gasteiger partial charge in [-0.3, -0.25) is 9.67 Å². The SMILES string of the molecule is c1cncc(-c2nc3c(c(NCCCn4cncn4)n2)CCNC3)c1. The lowest BCUT2D eigenvalue weighted by atomic mass is 10.1. The lowest BCUT2D eigenvalue weighted by Gasteiger charge is -2.20. The molecule has 0 saturated carbocycles. The van der Waals surface area contributed by atoms with Crippen LogP contribution in [-0.4, -0.2) is 42.8 Å². The standard InChI is InChI=1S/C17H20N8/c1-3-13(9-18-5-1)16-23-15-10-19-7-4-14(15)17(24-16)21-6-2-8-25-12-20-11-22-25/h1,3,5,9,11-12,19H,2,4,6-8,10H2,(H,21,23,24). The van der Waals surface area contributed by atoms with Crippen molar-refractivity contribution >= 4 is 5.82 Å². The number of hydrogen-bond donors (Lipinski definition) is 2. The molecule has 4 rings (SSSR count). The maximum atomic E-state index is 4.77. The first-order valence-corrected chi connectivity index (χ1v) is 8.47. The van der Waals surface area contributed by atoms with Gasteiger partial charge in [0.25, 0.3) is 0 Å². The van der Waals surface area contributed by atoms with E-state index < -0.39 is 0 Å². The summed E-state index contributed by atoms with van der Waals surface area (Å²) in [5.74, 6) is 1.65. The van der Waals surface area contributed by atoms with E-state index in [0.717, 1.165) is 56.1 Å². The van der Waals surface area contributed by atoms with Crippen LogP contribution in [0, 0.1) is 0 Å². The molecule has 1 aliphatic rings. The van der Waals surface area contributed by atoms with E-state index in [0.29, 0.717) is 5.82 Å². The van der Waals surface area contributed by atoms with E-state index in [4.69, 9.17) is 9.97 Å². The third kappa shape index (κ3) is 3.63. The number of rotatable bonds is 6. The fourth-order valence-electron chi connectivity index (χ4n) is 2.93. The number of aryl methyl sites for hydroxylation is 1. The van der Waals surface area contributed by atoms with Crippen molar-refractivity contribution in [2.24, 2.45) is 0 Å². The van der Waals surface area contributed by atoms with E-state index in [1.165, 1.54) is 5.56 Å². The first kappa shape index (κ1) is 15.6. The van der Waals surface area contributed by atoms with Crippen molar-refractivity contribution in [3.05, 3.63) is 48.4 Å². The van der Waals surface area contributed by atoms with Crippen molar-refractivity contribution in [2.75, 3.05) is 18.4 Å². The molecule has 8 heteroatoms. The third-order valence-corrected chi connectivity index (χ3v) is 4.18. The van der Waals surface area contributed by atoms with Gasteiger partial charge in [0.05, 0.1) is 5.69 Å². The summed E-state index contributed by atoms with van der Waals surface area (Å²) < 4.78 is 1.84. The lowest BCUT2D eigenvalue weighted by molar-refractivity contribution is 0.588. The number of nitrogens with one attached hydrogen (secondary N) is 2. The van der Waals surface area contributed by atoms with Crippen molar-refractivity contribution in [1.29, 1.82) is 0 Å². The van der Waals surface area contributed by atoms with E-state index in [1.807, 2.05) is 16.8 Å². The van der Waals surface area contributed by atoms with Crippen LogP contribution in [0.2, 0.25) is 0 Å². The van der Waals surface area contributed by atoms with E-state index >= 15 is 0 Å². The largest absolute Gasteiger partial charge is 0.370 e. The molecule has 0 aliphatic carbocycles. The molecule has 0 spiro atoms. The van der Waals surface area contributed by atoms with Gasteiger partial charge in [-0.25, -0.2) is 15.0 Å². The average Bonchev–Trinajstić information content (AvgIpc) is 3.19. The molecule has 1 aliphatic heterocycles. The number of nitrogens with zero attached hydrogens (tertiary/aromatic N) is 6. The van der Waals surface area contributed by atoms with Crippen LogP contribution < -0.4 is 10.6 Å². The molecule has 2 N–H and O–H groups in total. The maximum Gasteiger partial charge on any atom is 0.163 e. The molecule has 25 heavy (non-hydrogen) atoms. The minimum Gasteiger partial charge on any atom is -0.370 e. The van der Waals surface area contributed by atoms with Crippen LogP contribution in [0.1, 0.15) is 17.7 Å². The molecule has 0 fully saturated rings. The summed E-state index contributed by atoms with van der Waals surface area (Å²) in [6, 6.07) is 3.89. The van der Waals surface area contributed by atoms with Crippen LogP contribution in [0.25, 0.3) is 11.4 Å². The Morgan fingerprint density at radius 1 is 1.24 bits per heavy atom. The van der Waals surface area contributed by atoms with Crippen molar-refractivity contribution in [3.8, 4) is 11.4 Å². The van der Waals surface area contributed by atoms with Gasteiger partial charge in [-0.2, -0.15) is 5.10 Å². The summed E-state index contributed by atoms with van der Waals surface area (Å²) in [7, 11) is 0. The number of pyridine rings is 1. The first-order chi connectivity index (χ1) is 12.4. The molecular formula is C17H20N8. The molecule has 0 aromatic carbocycles. The van der Waals surface area contributed by atoms with Crippen molar-refractivity contribution in [2.45, 2.75) is 25.9 Å². The summed E-state index contributed by atoms with van der Waals surface area (Å²) in [6.07, 6.45) is 8.73. The monoisotopic (exact) mass is 336 g/mol. The zero-order valence-corrected chi connectivity index (χ0v) is 13.9. The molecule has 0 saturated heterocycles. The second kappa shape index (κ2) is 7.35. The van der Waals surface area contributed by atoms with Crippen molar-refractivity contribution < 1.29 is 0 Å². The van der Waals surface area contributed by atoms with E-state index in [-0.39, 0.29) is 0 Å². The zero-order valence-electron chi connectivity index (χ0n) is 13.9. The van der Waals surface area contributed by atoms with Crippen molar-refractivity contribution in [3.63, 3.8) is 0 Å². The Balaban J connectivity index is 1.52. The summed E-state index contributed by atoms with van der Waals surface area (Å²) in [4.78, 5) is 17.6. The minimum absolute atomic E-state index is 0.717. The normalized spacial score (nSPS) is 13.4. The number of aromatic nitrogens is 6. The zero-order chi connectivity index (χ0) is 16.9. The van der Waals surface area contributed by atoms with Crippen LogP contribution in [0.3, 0.4) is 0 Å². The first-order valence-electron chi connectivity index (χ1n) is 8.47. The Morgan fingerprint density at radius 3 is 3.08 bits per heavy atom. The van der Waals surface area contributed by atoms with Gasteiger partial charge in [-0.15, -0.1) is 0 Å². The highest BCUT2D eigenvalue weighted by Crippen LogP contribution is 2.24. The minimum atomic E-state index is 0.717. The van der Waals surface area contributed by atoms with Gasteiger partial charge in [-0.05, 0) is 31.5 Å². The maximum absolute atomic E-state index is 4.77. The summed E-state index contributed by atoms with van der Waals surface area (Å²) >= 11 is 0. The highest BCUT2D eigenvalue weighted by molar-refractivity contribution is 5.59. The summed E-state index contributed by atoms with van der Waals surface area (Å²) in [6.45, 7) is 3.38. The molecule has 0 bridgehead atoms. The second-order valence-corrected chi connectivity index (χ2v) is 5.93. The van der Waals surface area contributed by atoms with E-state index in [9.17, 15) is 0 Å². The molecule has 8 nitrogen and oxygen atoms in total. The highest BCUT2D eigenvalue weighted by atomic mass is 15.3. The van der Waals surface area contributed by atoms with E-state index in [1.54, 1.807) is 25.0 Å². The highest BCUT2D eigenvalue weighted by Gasteiger charge is 2.18. The van der Waals surface area contributed by atoms with Gasteiger partial charge in [0.15, 0.2) is 5.82 Å². The lowest BCUT2D eigenvalue weighted by Crippen LogP contribution is -2.27. The van der Waals surface area contributed by atoms with Gasteiger partial charge in [0.2, 0.25) is 0 Å². The predicted molar refractivity (Wildman–Crippen MR) is 93.8 cm³/mol. The molecule has 0 unspecified atom stereocenters. The van der Waals surface area contributed by atoms with Gasteiger partial charge in [0.1, 0.15) is 18.5 Å². The van der Waals surface area contributed by atoms with Crippen LogP contribution >= 0.6 is 0 Å². The molecule has 3 aromatic heterocycles. The number of fused-ring (bicyclic) bond motifs is 1. The molecule has 4 heterocycles. The van der Waals surface area contributed by atoms with Crippen LogP contribution in [0.4, 0.5) is 5.82 Å². The number of hydrogen-bond acceptors (Lipinski definition) is 7. The predicted octanol–water partition coefficient (Wildman–Crippen LogP) is 1.28. The third-order valence-electron chi connectivity index (χ3n) is 4.18. The van der Waals surface area contributed by atoms with Crippen molar-refractivity contribution in [1.82, 2.24) is 35.0 Å². The Labute approximate surface area is 145 Å².